The van der Waals surface area contributed by atoms with Crippen LogP contribution < -0.4 is 5.32 Å². The number of imide groups is 1. The van der Waals surface area contributed by atoms with Crippen molar-refractivity contribution in [3.8, 4) is 0 Å². The van der Waals surface area contributed by atoms with Crippen molar-refractivity contribution in [2.45, 2.75) is 32.6 Å². The smallest absolute Gasteiger partial charge is 0.413 e. The normalized spacial score (nSPS) is 15.1. The molecule has 118 valence electrons. The Labute approximate surface area is 122 Å². The zero-order valence-electron chi connectivity index (χ0n) is 12.1. The zero-order chi connectivity index (χ0) is 15.7. The van der Waals surface area contributed by atoms with Gasteiger partial charge in [0.05, 0.1) is 6.61 Å². The quantitative estimate of drug-likeness (QED) is 0.728. The second-order valence-corrected chi connectivity index (χ2v) is 4.56. The minimum absolute atomic E-state index is 0.0829. The molecular formula is C13H20N2O6. The van der Waals surface area contributed by atoms with Gasteiger partial charge in [-0.2, -0.15) is 0 Å². The number of likely N-dealkylation sites (tertiary alicyclic amines) is 1. The number of carbonyl (C=O) groups is 4. The summed E-state index contributed by atoms with van der Waals surface area (Å²) in [6.07, 6.45) is 2.17. The summed E-state index contributed by atoms with van der Waals surface area (Å²) in [5.74, 6) is -1.53. The van der Waals surface area contributed by atoms with E-state index in [1.165, 1.54) is 4.90 Å². The first-order valence-electron chi connectivity index (χ1n) is 6.93. The molecule has 8 heteroatoms. The van der Waals surface area contributed by atoms with Crippen LogP contribution in [-0.2, 0) is 23.9 Å². The molecule has 0 radical (unpaired) electrons. The lowest BCUT2D eigenvalue weighted by Gasteiger charge is -2.19. The summed E-state index contributed by atoms with van der Waals surface area (Å²) in [5, 5.41) is 1.90. The number of hydrogen-bond donors (Lipinski definition) is 1. The van der Waals surface area contributed by atoms with Gasteiger partial charge in [-0.3, -0.25) is 19.7 Å². The first-order chi connectivity index (χ1) is 10.0. The van der Waals surface area contributed by atoms with E-state index in [1.54, 1.807) is 6.92 Å². The SMILES string of the molecule is CCOC(=O)NC(=O)COC(=O)CN1CCCCCC1=O. The Kier molecular flexibility index (Phi) is 7.20. The fraction of sp³-hybridized carbons (Fsp3) is 0.692. The number of ether oxygens (including phenoxy) is 2. The molecule has 1 saturated heterocycles. The van der Waals surface area contributed by atoms with Crippen molar-refractivity contribution in [3.05, 3.63) is 0 Å². The molecule has 1 aliphatic heterocycles. The summed E-state index contributed by atoms with van der Waals surface area (Å²) in [6, 6.07) is 0. The Morgan fingerprint density at radius 2 is 1.95 bits per heavy atom. The Hall–Kier alpha value is -2.12. The van der Waals surface area contributed by atoms with Crippen molar-refractivity contribution in [1.29, 1.82) is 0 Å². The number of alkyl carbamates (subject to hydrolysis) is 1. The molecule has 21 heavy (non-hydrogen) atoms. The Morgan fingerprint density at radius 1 is 1.19 bits per heavy atom. The van der Waals surface area contributed by atoms with Gasteiger partial charge in [0.2, 0.25) is 5.91 Å². The van der Waals surface area contributed by atoms with Gasteiger partial charge in [-0.15, -0.1) is 0 Å². The van der Waals surface area contributed by atoms with Crippen molar-refractivity contribution in [2.75, 3.05) is 26.3 Å². The van der Waals surface area contributed by atoms with Crippen molar-refractivity contribution in [3.63, 3.8) is 0 Å². The van der Waals surface area contributed by atoms with E-state index in [2.05, 4.69) is 4.74 Å². The second-order valence-electron chi connectivity index (χ2n) is 4.56. The highest BCUT2D eigenvalue weighted by molar-refractivity contribution is 5.93. The molecule has 8 nitrogen and oxygen atoms in total. The molecule has 1 N–H and O–H groups in total. The standard InChI is InChI=1S/C13H20N2O6/c1-2-20-13(19)14-10(16)9-21-12(18)8-15-7-5-3-4-6-11(15)17/h2-9H2,1H3,(H,14,16,19). The van der Waals surface area contributed by atoms with Gasteiger partial charge in [-0.25, -0.2) is 4.79 Å². The van der Waals surface area contributed by atoms with Crippen LogP contribution in [0.1, 0.15) is 32.6 Å². The van der Waals surface area contributed by atoms with E-state index >= 15 is 0 Å². The van der Waals surface area contributed by atoms with Gasteiger partial charge in [0, 0.05) is 13.0 Å². The van der Waals surface area contributed by atoms with Gasteiger partial charge in [-0.05, 0) is 19.8 Å². The van der Waals surface area contributed by atoms with Gasteiger partial charge in [-0.1, -0.05) is 6.42 Å². The van der Waals surface area contributed by atoms with E-state index in [-0.39, 0.29) is 19.1 Å². The largest absolute Gasteiger partial charge is 0.454 e. The average molecular weight is 300 g/mol. The van der Waals surface area contributed by atoms with E-state index in [0.29, 0.717) is 13.0 Å². The molecule has 0 atom stereocenters. The first kappa shape index (κ1) is 16.9. The lowest BCUT2D eigenvalue weighted by molar-refractivity contribution is -0.152. The minimum Gasteiger partial charge on any atom is -0.454 e. The van der Waals surface area contributed by atoms with E-state index < -0.39 is 24.6 Å². The summed E-state index contributed by atoms with van der Waals surface area (Å²) in [5.41, 5.74) is 0. The summed E-state index contributed by atoms with van der Waals surface area (Å²) in [6.45, 7) is 1.49. The molecule has 1 heterocycles. The molecule has 0 aromatic heterocycles. The number of rotatable bonds is 5. The summed E-state index contributed by atoms with van der Waals surface area (Å²) in [7, 11) is 0. The third-order valence-electron chi connectivity index (χ3n) is 2.87. The van der Waals surface area contributed by atoms with Gasteiger partial charge in [0.15, 0.2) is 6.61 Å². The van der Waals surface area contributed by atoms with Crippen LogP contribution in [0.3, 0.4) is 0 Å². The van der Waals surface area contributed by atoms with Crippen molar-refractivity contribution in [2.24, 2.45) is 0 Å². The molecule has 0 aromatic carbocycles. The van der Waals surface area contributed by atoms with Crippen LogP contribution >= 0.6 is 0 Å². The summed E-state index contributed by atoms with van der Waals surface area (Å²) in [4.78, 5) is 46.9. The van der Waals surface area contributed by atoms with Crippen LogP contribution in [0.25, 0.3) is 0 Å². The molecule has 0 saturated carbocycles. The van der Waals surface area contributed by atoms with E-state index in [4.69, 9.17) is 4.74 Å². The third-order valence-corrected chi connectivity index (χ3v) is 2.87. The number of hydrogen-bond acceptors (Lipinski definition) is 6. The van der Waals surface area contributed by atoms with Crippen molar-refractivity contribution >= 4 is 23.9 Å². The molecule has 1 aliphatic rings. The van der Waals surface area contributed by atoms with Crippen LogP contribution in [0.4, 0.5) is 4.79 Å². The number of amides is 3. The topological polar surface area (TPSA) is 102 Å². The van der Waals surface area contributed by atoms with E-state index in [9.17, 15) is 19.2 Å². The number of esters is 1. The number of nitrogens with zero attached hydrogens (tertiary/aromatic N) is 1. The maximum Gasteiger partial charge on any atom is 0.413 e. The van der Waals surface area contributed by atoms with Crippen molar-refractivity contribution < 1.29 is 28.7 Å². The maximum absolute atomic E-state index is 11.7. The van der Waals surface area contributed by atoms with Gasteiger partial charge in [0.1, 0.15) is 6.54 Å². The zero-order valence-corrected chi connectivity index (χ0v) is 12.1. The van der Waals surface area contributed by atoms with Gasteiger partial charge in [0.25, 0.3) is 5.91 Å². The minimum atomic E-state index is -0.888. The number of carbonyl (C=O) groups excluding carboxylic acids is 4. The second kappa shape index (κ2) is 8.93. The molecule has 0 unspecified atom stereocenters. The Bertz CT molecular complexity index is 409. The molecule has 0 aromatic rings. The first-order valence-corrected chi connectivity index (χ1v) is 6.93. The third kappa shape index (κ3) is 6.73. The highest BCUT2D eigenvalue weighted by Crippen LogP contribution is 2.10. The van der Waals surface area contributed by atoms with E-state index in [1.807, 2.05) is 5.32 Å². The Balaban J connectivity index is 2.28. The van der Waals surface area contributed by atoms with Crippen molar-refractivity contribution in [1.82, 2.24) is 10.2 Å². The van der Waals surface area contributed by atoms with Crippen LogP contribution in [0, 0.1) is 0 Å². The van der Waals surface area contributed by atoms with Crippen LogP contribution in [0.15, 0.2) is 0 Å². The van der Waals surface area contributed by atoms with Crippen LogP contribution in [0.5, 0.6) is 0 Å². The highest BCUT2D eigenvalue weighted by Gasteiger charge is 2.20. The van der Waals surface area contributed by atoms with Gasteiger partial charge < -0.3 is 14.4 Å². The molecular weight excluding hydrogens is 280 g/mol. The van der Waals surface area contributed by atoms with Crippen LogP contribution in [0.2, 0.25) is 0 Å². The highest BCUT2D eigenvalue weighted by atomic mass is 16.6. The Morgan fingerprint density at radius 3 is 2.67 bits per heavy atom. The molecule has 1 fully saturated rings. The molecule has 0 bridgehead atoms. The van der Waals surface area contributed by atoms with Crippen LogP contribution in [-0.4, -0.2) is 55.1 Å². The number of nitrogens with one attached hydrogen (secondary N) is 1. The summed E-state index contributed by atoms with van der Waals surface area (Å²) < 4.78 is 9.23. The maximum atomic E-state index is 11.7. The average Bonchev–Trinajstić information content (AvgIpc) is 2.62. The molecule has 0 spiro atoms. The monoisotopic (exact) mass is 300 g/mol. The fourth-order valence-corrected chi connectivity index (χ4v) is 1.87. The van der Waals surface area contributed by atoms with Gasteiger partial charge >= 0.3 is 12.1 Å². The molecule has 1 rings (SSSR count). The predicted octanol–water partition coefficient (Wildman–Crippen LogP) is 0.205. The molecule has 0 aliphatic carbocycles. The lowest BCUT2D eigenvalue weighted by Crippen LogP contribution is -2.38. The lowest BCUT2D eigenvalue weighted by atomic mass is 10.2. The van der Waals surface area contributed by atoms with E-state index in [0.717, 1.165) is 19.3 Å². The molecule has 3 amide bonds. The fourth-order valence-electron chi connectivity index (χ4n) is 1.87. The summed E-state index contributed by atoms with van der Waals surface area (Å²) >= 11 is 0. The predicted molar refractivity (Wildman–Crippen MR) is 71.2 cm³/mol.